The summed E-state index contributed by atoms with van der Waals surface area (Å²) in [6.07, 6.45) is 1.49. The number of carbonyl (C=O) groups excluding carboxylic acids is 2. The van der Waals surface area contributed by atoms with E-state index < -0.39 is 0 Å². The van der Waals surface area contributed by atoms with E-state index in [1.54, 1.807) is 50.3 Å². The highest BCUT2D eigenvalue weighted by Crippen LogP contribution is 2.28. The molecule has 128 valence electrons. The van der Waals surface area contributed by atoms with Gasteiger partial charge in [-0.15, -0.1) is 0 Å². The predicted molar refractivity (Wildman–Crippen MR) is 101 cm³/mol. The zero-order chi connectivity index (χ0) is 18.0. The highest BCUT2D eigenvalue weighted by Gasteiger charge is 2.22. The summed E-state index contributed by atoms with van der Waals surface area (Å²) in [6.45, 7) is 3.61. The lowest BCUT2D eigenvalue weighted by Crippen LogP contribution is -2.17. The molecule has 1 fully saturated rings. The molecule has 1 amide bonds. The van der Waals surface area contributed by atoms with Gasteiger partial charge in [0, 0.05) is 11.6 Å². The zero-order valence-electron chi connectivity index (χ0n) is 13.6. The molecule has 5 nitrogen and oxygen atoms in total. The zero-order valence-corrected chi connectivity index (χ0v) is 15.2. The van der Waals surface area contributed by atoms with E-state index in [9.17, 15) is 9.59 Å². The van der Waals surface area contributed by atoms with Crippen LogP contribution in [0.25, 0.3) is 17.4 Å². The smallest absolute Gasteiger partial charge is 0.338 e. The van der Waals surface area contributed by atoms with Crippen LogP contribution in [-0.4, -0.2) is 22.3 Å². The van der Waals surface area contributed by atoms with Crippen molar-refractivity contribution < 1.29 is 18.7 Å². The number of carbonyl (C=O) groups is 2. The van der Waals surface area contributed by atoms with Crippen molar-refractivity contribution >= 4 is 46.3 Å². The topological polar surface area (TPSA) is 68.5 Å². The van der Waals surface area contributed by atoms with Gasteiger partial charge in [0.25, 0.3) is 5.91 Å². The quantitative estimate of drug-likeness (QED) is 0.496. The summed E-state index contributed by atoms with van der Waals surface area (Å²) in [5.74, 6) is 0.620. The van der Waals surface area contributed by atoms with E-state index in [2.05, 4.69) is 5.32 Å². The number of rotatable bonds is 4. The molecule has 1 N–H and O–H groups in total. The summed E-state index contributed by atoms with van der Waals surface area (Å²) in [6, 6.07) is 10.6. The van der Waals surface area contributed by atoms with E-state index in [1.165, 1.54) is 11.8 Å². The number of thioether (sulfide) groups is 1. The second-order valence-corrected chi connectivity index (χ2v) is 7.30. The van der Waals surface area contributed by atoms with Crippen LogP contribution in [0.2, 0.25) is 0 Å². The molecular weight excluding hydrogens is 358 g/mol. The van der Waals surface area contributed by atoms with Crippen molar-refractivity contribution in [2.24, 2.45) is 0 Å². The number of hydrogen-bond acceptors (Lipinski definition) is 6. The van der Waals surface area contributed by atoms with Gasteiger partial charge in [-0.3, -0.25) is 4.79 Å². The number of benzene rings is 1. The van der Waals surface area contributed by atoms with Gasteiger partial charge in [-0.2, -0.15) is 0 Å². The van der Waals surface area contributed by atoms with Gasteiger partial charge in [0.2, 0.25) is 0 Å². The number of esters is 1. The Labute approximate surface area is 154 Å². The minimum absolute atomic E-state index is 0.161. The maximum Gasteiger partial charge on any atom is 0.338 e. The van der Waals surface area contributed by atoms with Crippen LogP contribution >= 0.6 is 24.0 Å². The van der Waals surface area contributed by atoms with Gasteiger partial charge in [0.05, 0.1) is 16.6 Å². The third kappa shape index (κ3) is 4.18. The Balaban J connectivity index is 1.76. The van der Waals surface area contributed by atoms with E-state index in [1.807, 2.05) is 6.07 Å². The number of ether oxygens (including phenoxy) is 1. The molecule has 1 aromatic heterocycles. The van der Waals surface area contributed by atoms with E-state index >= 15 is 0 Å². The lowest BCUT2D eigenvalue weighted by molar-refractivity contribution is -0.115. The monoisotopic (exact) mass is 373 g/mol. The second kappa shape index (κ2) is 7.25. The van der Waals surface area contributed by atoms with Crippen molar-refractivity contribution in [2.75, 3.05) is 0 Å². The number of nitrogens with one attached hydrogen (secondary N) is 1. The lowest BCUT2D eigenvalue weighted by Gasteiger charge is -2.07. The SMILES string of the molecule is CC(C)OC(=O)c1ccc(-c2ccc(/C=C3\SC(=S)NC3=O)o2)cc1. The van der Waals surface area contributed by atoms with Gasteiger partial charge in [0.15, 0.2) is 0 Å². The maximum absolute atomic E-state index is 11.9. The van der Waals surface area contributed by atoms with Gasteiger partial charge in [-0.05, 0) is 38.1 Å². The summed E-state index contributed by atoms with van der Waals surface area (Å²) in [4.78, 5) is 24.0. The molecule has 3 rings (SSSR count). The fourth-order valence-electron chi connectivity index (χ4n) is 2.19. The molecule has 0 spiro atoms. The molecule has 2 heterocycles. The van der Waals surface area contributed by atoms with Gasteiger partial charge < -0.3 is 14.5 Å². The number of thiocarbonyl (C=S) groups is 1. The van der Waals surface area contributed by atoms with Crippen LogP contribution in [0.3, 0.4) is 0 Å². The first kappa shape index (κ1) is 17.4. The van der Waals surface area contributed by atoms with Gasteiger partial charge >= 0.3 is 5.97 Å². The molecule has 1 aromatic carbocycles. The van der Waals surface area contributed by atoms with Crippen LogP contribution in [0.1, 0.15) is 30.0 Å². The van der Waals surface area contributed by atoms with E-state index in [0.717, 1.165) is 5.56 Å². The first-order valence-electron chi connectivity index (χ1n) is 7.58. The Morgan fingerprint density at radius 1 is 1.24 bits per heavy atom. The molecule has 1 aliphatic heterocycles. The number of amides is 1. The number of hydrogen-bond donors (Lipinski definition) is 1. The van der Waals surface area contributed by atoms with E-state index in [0.29, 0.717) is 26.3 Å². The van der Waals surface area contributed by atoms with Crippen molar-refractivity contribution in [2.45, 2.75) is 20.0 Å². The highest BCUT2D eigenvalue weighted by atomic mass is 32.2. The highest BCUT2D eigenvalue weighted by molar-refractivity contribution is 8.26. The Morgan fingerprint density at radius 2 is 1.96 bits per heavy atom. The molecular formula is C18H15NO4S2. The third-order valence-electron chi connectivity index (χ3n) is 3.29. The molecule has 7 heteroatoms. The maximum atomic E-state index is 11.9. The molecule has 0 saturated carbocycles. The largest absolute Gasteiger partial charge is 0.459 e. The Hall–Kier alpha value is -2.38. The molecule has 1 aliphatic rings. The van der Waals surface area contributed by atoms with Crippen LogP contribution < -0.4 is 5.32 Å². The van der Waals surface area contributed by atoms with Crippen LogP contribution in [-0.2, 0) is 9.53 Å². The molecule has 0 atom stereocenters. The Bertz CT molecular complexity index is 865. The normalized spacial score (nSPS) is 15.7. The average molecular weight is 373 g/mol. The van der Waals surface area contributed by atoms with Crippen LogP contribution in [0.4, 0.5) is 0 Å². The number of furan rings is 1. The Kier molecular flexibility index (Phi) is 5.06. The third-order valence-corrected chi connectivity index (χ3v) is 4.45. The first-order chi connectivity index (χ1) is 11.9. The fourth-order valence-corrected chi connectivity index (χ4v) is 3.21. The molecule has 0 bridgehead atoms. The van der Waals surface area contributed by atoms with Crippen LogP contribution in [0, 0.1) is 0 Å². The molecule has 1 saturated heterocycles. The van der Waals surface area contributed by atoms with Crippen molar-refractivity contribution in [1.82, 2.24) is 5.32 Å². The van der Waals surface area contributed by atoms with Gasteiger partial charge in [-0.25, -0.2) is 4.79 Å². The van der Waals surface area contributed by atoms with Crippen molar-refractivity contribution in [3.05, 3.63) is 52.6 Å². The standard InChI is InChI=1S/C18H15NO4S2/c1-10(2)22-17(21)12-5-3-11(4-6-12)14-8-7-13(23-14)9-15-16(20)19-18(24)25-15/h3-10H,1-2H3,(H,19,20,24)/b15-9-. The van der Waals surface area contributed by atoms with Crippen LogP contribution in [0.5, 0.6) is 0 Å². The van der Waals surface area contributed by atoms with Crippen molar-refractivity contribution in [1.29, 1.82) is 0 Å². The Morgan fingerprint density at radius 3 is 2.56 bits per heavy atom. The van der Waals surface area contributed by atoms with Crippen molar-refractivity contribution in [3.63, 3.8) is 0 Å². The molecule has 0 radical (unpaired) electrons. The van der Waals surface area contributed by atoms with Crippen LogP contribution in [0.15, 0.2) is 45.7 Å². The lowest BCUT2D eigenvalue weighted by atomic mass is 10.1. The van der Waals surface area contributed by atoms with Gasteiger partial charge in [-0.1, -0.05) is 36.1 Å². The summed E-state index contributed by atoms with van der Waals surface area (Å²) in [5.41, 5.74) is 1.31. The second-order valence-electron chi connectivity index (χ2n) is 5.59. The predicted octanol–water partition coefficient (Wildman–Crippen LogP) is 4.00. The minimum atomic E-state index is -0.355. The van der Waals surface area contributed by atoms with E-state index in [-0.39, 0.29) is 18.0 Å². The summed E-state index contributed by atoms with van der Waals surface area (Å²) >= 11 is 6.16. The minimum Gasteiger partial charge on any atom is -0.459 e. The average Bonchev–Trinajstić information content (AvgIpc) is 3.14. The molecule has 25 heavy (non-hydrogen) atoms. The fraction of sp³-hybridized carbons (Fsp3) is 0.167. The molecule has 0 unspecified atom stereocenters. The first-order valence-corrected chi connectivity index (χ1v) is 8.81. The summed E-state index contributed by atoms with van der Waals surface area (Å²) in [5, 5.41) is 2.56. The summed E-state index contributed by atoms with van der Waals surface area (Å²) < 4.78 is 11.3. The molecule has 2 aromatic rings. The van der Waals surface area contributed by atoms with Gasteiger partial charge in [0.1, 0.15) is 15.8 Å². The van der Waals surface area contributed by atoms with Crippen molar-refractivity contribution in [3.8, 4) is 11.3 Å². The summed E-state index contributed by atoms with van der Waals surface area (Å²) in [7, 11) is 0. The van der Waals surface area contributed by atoms with E-state index in [4.69, 9.17) is 21.4 Å². The molecule has 0 aliphatic carbocycles.